The average molecular weight is 274 g/mol. The highest BCUT2D eigenvalue weighted by Crippen LogP contribution is 2.15. The van der Waals surface area contributed by atoms with Crippen molar-refractivity contribution in [3.05, 3.63) is 0 Å². The van der Waals surface area contributed by atoms with Gasteiger partial charge in [0, 0.05) is 26.2 Å². The van der Waals surface area contributed by atoms with Gasteiger partial charge in [-0.15, -0.1) is 0 Å². The minimum Gasteiger partial charge on any atom is -0.378 e. The Morgan fingerprint density at radius 3 is 1.89 bits per heavy atom. The Bertz CT molecular complexity index is 167. The highest BCUT2D eigenvalue weighted by molar-refractivity contribution is 4.61. The van der Waals surface area contributed by atoms with Gasteiger partial charge < -0.3 is 14.2 Å². The molecule has 0 aliphatic carbocycles. The fourth-order valence-electron chi connectivity index (χ4n) is 2.13. The van der Waals surface area contributed by atoms with Crippen LogP contribution in [0.25, 0.3) is 0 Å². The van der Waals surface area contributed by atoms with Gasteiger partial charge in [-0.3, -0.25) is 0 Å². The molecule has 0 radical (unpaired) electrons. The smallest absolute Gasteiger partial charge is 0.157 e. The van der Waals surface area contributed by atoms with Crippen LogP contribution in [0.3, 0.4) is 0 Å². The molecule has 0 saturated heterocycles. The highest BCUT2D eigenvalue weighted by Gasteiger charge is 2.14. The van der Waals surface area contributed by atoms with Gasteiger partial charge in [0.05, 0.1) is 6.10 Å². The summed E-state index contributed by atoms with van der Waals surface area (Å²) < 4.78 is 17.1. The predicted molar refractivity (Wildman–Crippen MR) is 80.4 cm³/mol. The van der Waals surface area contributed by atoms with Crippen molar-refractivity contribution < 1.29 is 14.2 Å². The van der Waals surface area contributed by atoms with Gasteiger partial charge in [-0.25, -0.2) is 0 Å². The second kappa shape index (κ2) is 14.3. The van der Waals surface area contributed by atoms with Crippen LogP contribution >= 0.6 is 0 Å². The maximum Gasteiger partial charge on any atom is 0.157 e. The first-order chi connectivity index (χ1) is 9.28. The normalized spacial score (nSPS) is 13.1. The zero-order valence-electron chi connectivity index (χ0n) is 13.5. The van der Waals surface area contributed by atoms with E-state index >= 15 is 0 Å². The maximum absolute atomic E-state index is 5.93. The molecule has 0 bridgehead atoms. The van der Waals surface area contributed by atoms with Crippen molar-refractivity contribution in [2.75, 3.05) is 19.8 Å². The Balaban J connectivity index is 3.97. The molecule has 19 heavy (non-hydrogen) atoms. The van der Waals surface area contributed by atoms with Crippen molar-refractivity contribution in [2.45, 2.75) is 85.0 Å². The molecule has 0 aromatic heterocycles. The lowest BCUT2D eigenvalue weighted by atomic mass is 10.1. The van der Waals surface area contributed by atoms with Crippen LogP contribution in [0.2, 0.25) is 0 Å². The summed E-state index contributed by atoms with van der Waals surface area (Å²) in [5.41, 5.74) is 0. The lowest BCUT2D eigenvalue weighted by Gasteiger charge is -2.21. The second-order valence-corrected chi connectivity index (χ2v) is 4.91. The van der Waals surface area contributed by atoms with Crippen molar-refractivity contribution in [1.82, 2.24) is 0 Å². The molecule has 0 spiro atoms. The van der Waals surface area contributed by atoms with Gasteiger partial charge in [0.2, 0.25) is 0 Å². The molecular formula is C16H34O3. The molecule has 3 heteroatoms. The van der Waals surface area contributed by atoms with Crippen LogP contribution in [0.1, 0.15) is 72.6 Å². The van der Waals surface area contributed by atoms with E-state index in [1.165, 1.54) is 25.7 Å². The van der Waals surface area contributed by atoms with Gasteiger partial charge >= 0.3 is 0 Å². The first-order valence-corrected chi connectivity index (χ1v) is 8.13. The quantitative estimate of drug-likeness (QED) is 0.344. The number of hydrogen-bond acceptors (Lipinski definition) is 3. The maximum atomic E-state index is 5.93. The van der Waals surface area contributed by atoms with Crippen molar-refractivity contribution >= 4 is 0 Å². The van der Waals surface area contributed by atoms with E-state index in [0.29, 0.717) is 19.3 Å². The Labute approximate surface area is 120 Å². The fourth-order valence-corrected chi connectivity index (χ4v) is 2.13. The van der Waals surface area contributed by atoms with Crippen LogP contribution in [0.5, 0.6) is 0 Å². The summed E-state index contributed by atoms with van der Waals surface area (Å²) in [4.78, 5) is 0. The molecule has 3 nitrogen and oxygen atoms in total. The van der Waals surface area contributed by atoms with E-state index in [9.17, 15) is 0 Å². The third kappa shape index (κ3) is 11.4. The van der Waals surface area contributed by atoms with Crippen LogP contribution in [-0.4, -0.2) is 32.2 Å². The summed E-state index contributed by atoms with van der Waals surface area (Å²) in [6.07, 6.45) is 8.36. The Morgan fingerprint density at radius 1 is 0.684 bits per heavy atom. The monoisotopic (exact) mass is 274 g/mol. The third-order valence-corrected chi connectivity index (χ3v) is 3.12. The number of rotatable bonds is 14. The molecule has 0 amide bonds. The van der Waals surface area contributed by atoms with Crippen LogP contribution < -0.4 is 0 Å². The first-order valence-electron chi connectivity index (χ1n) is 8.13. The van der Waals surface area contributed by atoms with Crippen molar-refractivity contribution in [3.8, 4) is 0 Å². The summed E-state index contributed by atoms with van der Waals surface area (Å²) >= 11 is 0. The van der Waals surface area contributed by atoms with E-state index in [1.807, 2.05) is 13.8 Å². The van der Waals surface area contributed by atoms with Crippen LogP contribution in [0, 0.1) is 0 Å². The van der Waals surface area contributed by atoms with Gasteiger partial charge in [-0.05, 0) is 33.1 Å². The van der Waals surface area contributed by atoms with E-state index in [0.717, 1.165) is 25.9 Å². The first kappa shape index (κ1) is 18.9. The zero-order chi connectivity index (χ0) is 14.3. The van der Waals surface area contributed by atoms with Gasteiger partial charge in [0.15, 0.2) is 6.29 Å². The molecule has 0 aromatic rings. The molecule has 0 aliphatic rings. The molecule has 0 heterocycles. The van der Waals surface area contributed by atoms with Crippen molar-refractivity contribution in [3.63, 3.8) is 0 Å². The van der Waals surface area contributed by atoms with Gasteiger partial charge in [-0.2, -0.15) is 0 Å². The van der Waals surface area contributed by atoms with Gasteiger partial charge in [-0.1, -0.05) is 33.1 Å². The minimum absolute atomic E-state index is 0.0612. The van der Waals surface area contributed by atoms with Crippen LogP contribution in [0.4, 0.5) is 0 Å². The summed E-state index contributed by atoms with van der Waals surface area (Å²) in [7, 11) is 0. The van der Waals surface area contributed by atoms with E-state index in [4.69, 9.17) is 14.2 Å². The largest absolute Gasteiger partial charge is 0.378 e. The molecule has 116 valence electrons. The topological polar surface area (TPSA) is 27.7 Å². The lowest BCUT2D eigenvalue weighted by molar-refractivity contribution is -0.144. The number of hydrogen-bond donors (Lipinski definition) is 0. The molecule has 1 atom stereocenters. The van der Waals surface area contributed by atoms with E-state index in [2.05, 4.69) is 13.8 Å². The number of unbranched alkanes of at least 4 members (excludes halogenated alkanes) is 2. The highest BCUT2D eigenvalue weighted by atomic mass is 16.7. The van der Waals surface area contributed by atoms with Crippen molar-refractivity contribution in [1.29, 1.82) is 0 Å². The van der Waals surface area contributed by atoms with Gasteiger partial charge in [0.25, 0.3) is 0 Å². The average Bonchev–Trinajstić information content (AvgIpc) is 2.41. The van der Waals surface area contributed by atoms with Crippen LogP contribution in [-0.2, 0) is 14.2 Å². The SMILES string of the molecule is CCCCCC(CCC(OCC)OCC)OCCC. The molecule has 0 N–H and O–H groups in total. The fraction of sp³-hybridized carbons (Fsp3) is 1.00. The van der Waals surface area contributed by atoms with Crippen molar-refractivity contribution in [2.24, 2.45) is 0 Å². The Kier molecular flexibility index (Phi) is 14.2. The van der Waals surface area contributed by atoms with E-state index in [-0.39, 0.29) is 6.29 Å². The van der Waals surface area contributed by atoms with E-state index < -0.39 is 0 Å². The summed E-state index contributed by atoms with van der Waals surface area (Å²) in [5, 5.41) is 0. The zero-order valence-corrected chi connectivity index (χ0v) is 13.5. The Morgan fingerprint density at radius 2 is 1.37 bits per heavy atom. The predicted octanol–water partition coefficient (Wildman–Crippen LogP) is 4.54. The molecule has 0 saturated carbocycles. The van der Waals surface area contributed by atoms with E-state index in [1.54, 1.807) is 0 Å². The van der Waals surface area contributed by atoms with Gasteiger partial charge in [0.1, 0.15) is 0 Å². The van der Waals surface area contributed by atoms with Crippen LogP contribution in [0.15, 0.2) is 0 Å². The molecule has 0 fully saturated rings. The lowest BCUT2D eigenvalue weighted by Crippen LogP contribution is -2.22. The Hall–Kier alpha value is -0.120. The molecular weight excluding hydrogens is 240 g/mol. The molecule has 0 rings (SSSR count). The molecule has 1 unspecified atom stereocenters. The molecule has 0 aliphatic heterocycles. The second-order valence-electron chi connectivity index (χ2n) is 4.91. The third-order valence-electron chi connectivity index (χ3n) is 3.12. The summed E-state index contributed by atoms with van der Waals surface area (Å²) in [5.74, 6) is 0. The summed E-state index contributed by atoms with van der Waals surface area (Å²) in [6, 6.07) is 0. The molecule has 0 aromatic carbocycles. The number of ether oxygens (including phenoxy) is 3. The minimum atomic E-state index is -0.0612. The summed E-state index contributed by atoms with van der Waals surface area (Å²) in [6.45, 7) is 10.7. The standard InChI is InChI=1S/C16H34O3/c1-5-9-10-11-15(19-14-6-2)12-13-16(17-7-3)18-8-4/h15-16H,5-14H2,1-4H3.